The summed E-state index contributed by atoms with van der Waals surface area (Å²) in [6.07, 6.45) is 6.42. The van der Waals surface area contributed by atoms with Gasteiger partial charge in [0.2, 0.25) is 0 Å². The fourth-order valence-electron chi connectivity index (χ4n) is 3.44. The van der Waals surface area contributed by atoms with Gasteiger partial charge in [-0.1, -0.05) is 39.3 Å². The van der Waals surface area contributed by atoms with Gasteiger partial charge in [0.1, 0.15) is 0 Å². The molecule has 0 saturated carbocycles. The monoisotopic (exact) mass is 288 g/mol. The molecule has 1 N–H and O–H groups in total. The highest BCUT2D eigenvalue weighted by Gasteiger charge is 2.21. The molecule has 2 atom stereocenters. The van der Waals surface area contributed by atoms with Crippen LogP contribution in [0.1, 0.15) is 64.5 Å². The summed E-state index contributed by atoms with van der Waals surface area (Å²) < 4.78 is 0. The maximum Gasteiger partial charge on any atom is 0.0366 e. The molecular weight excluding hydrogens is 256 g/mol. The van der Waals surface area contributed by atoms with E-state index in [-0.39, 0.29) is 0 Å². The van der Waals surface area contributed by atoms with Gasteiger partial charge in [-0.2, -0.15) is 0 Å². The molecule has 2 unspecified atom stereocenters. The molecule has 0 radical (unpaired) electrons. The average molecular weight is 288 g/mol. The van der Waals surface area contributed by atoms with Gasteiger partial charge in [-0.25, -0.2) is 0 Å². The summed E-state index contributed by atoms with van der Waals surface area (Å²) in [5.74, 6) is 0.907. The van der Waals surface area contributed by atoms with Crippen LogP contribution in [0.15, 0.2) is 24.3 Å². The highest BCUT2D eigenvalue weighted by Crippen LogP contribution is 2.28. The van der Waals surface area contributed by atoms with Crippen molar-refractivity contribution in [3.63, 3.8) is 0 Å². The second-order valence-corrected chi connectivity index (χ2v) is 6.40. The summed E-state index contributed by atoms with van der Waals surface area (Å²) in [5, 5.41) is 3.63. The Morgan fingerprint density at radius 1 is 1.14 bits per heavy atom. The summed E-state index contributed by atoms with van der Waals surface area (Å²) in [6, 6.07) is 9.78. The quantitative estimate of drug-likeness (QED) is 0.741. The van der Waals surface area contributed by atoms with Crippen molar-refractivity contribution in [1.29, 1.82) is 0 Å². The van der Waals surface area contributed by atoms with Gasteiger partial charge in [0.05, 0.1) is 0 Å². The Bertz CT molecular complexity index is 399. The molecule has 0 bridgehead atoms. The van der Waals surface area contributed by atoms with Gasteiger partial charge in [0.25, 0.3) is 0 Å². The minimum Gasteiger partial charge on any atom is -0.371 e. The molecule has 1 heterocycles. The van der Waals surface area contributed by atoms with E-state index in [9.17, 15) is 0 Å². The van der Waals surface area contributed by atoms with E-state index in [1.54, 1.807) is 0 Å². The van der Waals surface area contributed by atoms with Crippen molar-refractivity contribution >= 4 is 5.69 Å². The Kier molecular flexibility index (Phi) is 6.56. The van der Waals surface area contributed by atoms with Crippen LogP contribution in [-0.4, -0.2) is 19.6 Å². The second kappa shape index (κ2) is 8.43. The summed E-state index contributed by atoms with van der Waals surface area (Å²) in [6.45, 7) is 10.4. The van der Waals surface area contributed by atoms with Gasteiger partial charge in [-0.05, 0) is 55.8 Å². The molecule has 1 aromatic carbocycles. The van der Waals surface area contributed by atoms with E-state index in [0.717, 1.165) is 18.9 Å². The molecule has 0 aliphatic carbocycles. The molecule has 1 aliphatic rings. The third-order valence-electron chi connectivity index (χ3n) is 4.69. The number of hydrogen-bond acceptors (Lipinski definition) is 2. The van der Waals surface area contributed by atoms with Crippen LogP contribution >= 0.6 is 0 Å². The van der Waals surface area contributed by atoms with Crippen molar-refractivity contribution in [3.05, 3.63) is 29.8 Å². The van der Waals surface area contributed by atoms with Crippen LogP contribution in [0.3, 0.4) is 0 Å². The van der Waals surface area contributed by atoms with Crippen molar-refractivity contribution in [3.8, 4) is 0 Å². The Morgan fingerprint density at radius 2 is 1.90 bits per heavy atom. The minimum atomic E-state index is 0.505. The number of hydrogen-bond donors (Lipinski definition) is 1. The first kappa shape index (κ1) is 16.4. The zero-order chi connectivity index (χ0) is 15.1. The molecule has 118 valence electrons. The molecule has 0 aromatic heterocycles. The fourth-order valence-corrected chi connectivity index (χ4v) is 3.44. The van der Waals surface area contributed by atoms with Gasteiger partial charge in [-0.15, -0.1) is 0 Å². The fraction of sp³-hybridized carbons (Fsp3) is 0.684. The van der Waals surface area contributed by atoms with Gasteiger partial charge in [-0.3, -0.25) is 0 Å². The van der Waals surface area contributed by atoms with Crippen LogP contribution in [0.4, 0.5) is 5.69 Å². The Balaban J connectivity index is 1.95. The molecule has 1 aromatic rings. The van der Waals surface area contributed by atoms with E-state index in [2.05, 4.69) is 55.3 Å². The maximum absolute atomic E-state index is 3.63. The first-order chi connectivity index (χ1) is 10.3. The molecule has 2 rings (SSSR count). The number of benzene rings is 1. The number of nitrogens with zero attached hydrogens (tertiary/aromatic N) is 1. The van der Waals surface area contributed by atoms with Crippen LogP contribution in [0.2, 0.25) is 0 Å². The normalized spacial score (nSPS) is 20.0. The number of anilines is 1. The zero-order valence-electron chi connectivity index (χ0n) is 14.1. The predicted octanol–water partition coefficient (Wildman–Crippen LogP) is 4.76. The Hall–Kier alpha value is -1.02. The van der Waals surface area contributed by atoms with E-state index in [0.29, 0.717) is 6.04 Å². The summed E-state index contributed by atoms with van der Waals surface area (Å²) in [4.78, 5) is 2.56. The lowest BCUT2D eigenvalue weighted by Gasteiger charge is -2.21. The van der Waals surface area contributed by atoms with Gasteiger partial charge < -0.3 is 10.2 Å². The van der Waals surface area contributed by atoms with E-state index < -0.39 is 0 Å². The highest BCUT2D eigenvalue weighted by atomic mass is 15.1. The van der Waals surface area contributed by atoms with Gasteiger partial charge in [0, 0.05) is 24.8 Å². The van der Waals surface area contributed by atoms with Crippen molar-refractivity contribution in [1.82, 2.24) is 5.32 Å². The lowest BCUT2D eigenvalue weighted by molar-refractivity contribution is 0.518. The van der Waals surface area contributed by atoms with Crippen LogP contribution < -0.4 is 10.2 Å². The van der Waals surface area contributed by atoms with E-state index in [4.69, 9.17) is 0 Å². The molecule has 1 saturated heterocycles. The molecule has 2 heteroatoms. The van der Waals surface area contributed by atoms with Gasteiger partial charge >= 0.3 is 0 Å². The molecule has 0 amide bonds. The zero-order valence-corrected chi connectivity index (χ0v) is 14.1. The Labute approximate surface area is 130 Å². The standard InChI is InChI=1S/C19H32N2/c1-4-7-16-12-14-21(15-16)18-10-8-17(9-11-18)19(6-3)20-13-5-2/h8-11,16,19-20H,4-7,12-15H2,1-3H3. The van der Waals surface area contributed by atoms with E-state index in [1.807, 2.05) is 0 Å². The van der Waals surface area contributed by atoms with Crippen molar-refractivity contribution in [2.45, 2.75) is 58.9 Å². The van der Waals surface area contributed by atoms with E-state index in [1.165, 1.54) is 50.0 Å². The number of rotatable bonds is 8. The van der Waals surface area contributed by atoms with Crippen LogP contribution in [0, 0.1) is 5.92 Å². The lowest BCUT2D eigenvalue weighted by Crippen LogP contribution is -2.22. The molecule has 2 nitrogen and oxygen atoms in total. The maximum atomic E-state index is 3.63. The van der Waals surface area contributed by atoms with E-state index >= 15 is 0 Å². The lowest BCUT2D eigenvalue weighted by atomic mass is 10.0. The minimum absolute atomic E-state index is 0.505. The van der Waals surface area contributed by atoms with Crippen molar-refractivity contribution < 1.29 is 0 Å². The third-order valence-corrected chi connectivity index (χ3v) is 4.69. The van der Waals surface area contributed by atoms with Crippen molar-refractivity contribution in [2.24, 2.45) is 5.92 Å². The Morgan fingerprint density at radius 3 is 2.52 bits per heavy atom. The predicted molar refractivity (Wildman–Crippen MR) is 93.0 cm³/mol. The van der Waals surface area contributed by atoms with Crippen molar-refractivity contribution in [2.75, 3.05) is 24.5 Å². The largest absolute Gasteiger partial charge is 0.371 e. The second-order valence-electron chi connectivity index (χ2n) is 6.40. The number of nitrogens with one attached hydrogen (secondary N) is 1. The van der Waals surface area contributed by atoms with Crippen LogP contribution in [-0.2, 0) is 0 Å². The molecule has 0 spiro atoms. The summed E-state index contributed by atoms with van der Waals surface area (Å²) >= 11 is 0. The topological polar surface area (TPSA) is 15.3 Å². The molecular formula is C19H32N2. The SMILES string of the molecule is CCCNC(CC)c1ccc(N2CCC(CCC)C2)cc1. The first-order valence-electron chi connectivity index (χ1n) is 8.86. The van der Waals surface area contributed by atoms with Crippen LogP contribution in [0.5, 0.6) is 0 Å². The average Bonchev–Trinajstić information content (AvgIpc) is 2.98. The molecule has 21 heavy (non-hydrogen) atoms. The smallest absolute Gasteiger partial charge is 0.0366 e. The summed E-state index contributed by atoms with van der Waals surface area (Å²) in [7, 11) is 0. The van der Waals surface area contributed by atoms with Gasteiger partial charge in [0.15, 0.2) is 0 Å². The first-order valence-corrected chi connectivity index (χ1v) is 8.86. The molecule has 1 aliphatic heterocycles. The molecule has 1 fully saturated rings. The van der Waals surface area contributed by atoms with Crippen LogP contribution in [0.25, 0.3) is 0 Å². The highest BCUT2D eigenvalue weighted by molar-refractivity contribution is 5.49. The third kappa shape index (κ3) is 4.47. The summed E-state index contributed by atoms with van der Waals surface area (Å²) in [5.41, 5.74) is 2.83.